The number of aliphatic hydroxyl groups is 1. The Bertz CT molecular complexity index is 316. The Hall–Kier alpha value is -0.890. The summed E-state index contributed by atoms with van der Waals surface area (Å²) in [6, 6.07) is 6.12. The standard InChI is InChI=1S/C14H21FO/c1-4-5-11(2)10-14(3,16)12-6-8-13(15)9-7-12/h6-9,11,16H,4-5,10H2,1-3H3. The van der Waals surface area contributed by atoms with Crippen LogP contribution in [0.3, 0.4) is 0 Å². The molecule has 0 spiro atoms. The Morgan fingerprint density at radius 1 is 1.31 bits per heavy atom. The third-order valence-electron chi connectivity index (χ3n) is 2.99. The molecule has 1 aromatic rings. The van der Waals surface area contributed by atoms with Gasteiger partial charge in [-0.05, 0) is 37.0 Å². The summed E-state index contributed by atoms with van der Waals surface area (Å²) in [7, 11) is 0. The van der Waals surface area contributed by atoms with Crippen LogP contribution in [-0.4, -0.2) is 5.11 Å². The number of rotatable bonds is 5. The maximum Gasteiger partial charge on any atom is 0.123 e. The van der Waals surface area contributed by atoms with Crippen LogP contribution >= 0.6 is 0 Å². The number of benzene rings is 1. The molecule has 1 aromatic carbocycles. The van der Waals surface area contributed by atoms with Crippen LogP contribution in [0.4, 0.5) is 4.39 Å². The molecule has 0 aliphatic heterocycles. The second kappa shape index (κ2) is 5.44. The SMILES string of the molecule is CCCC(C)CC(C)(O)c1ccc(F)cc1. The van der Waals surface area contributed by atoms with E-state index < -0.39 is 5.60 Å². The van der Waals surface area contributed by atoms with E-state index in [1.807, 2.05) is 0 Å². The van der Waals surface area contributed by atoms with Crippen LogP contribution in [0.5, 0.6) is 0 Å². The van der Waals surface area contributed by atoms with E-state index in [9.17, 15) is 9.50 Å². The third kappa shape index (κ3) is 3.60. The van der Waals surface area contributed by atoms with Gasteiger partial charge in [0.25, 0.3) is 0 Å². The largest absolute Gasteiger partial charge is 0.385 e. The second-order valence-corrected chi connectivity index (χ2v) is 4.88. The minimum Gasteiger partial charge on any atom is -0.385 e. The summed E-state index contributed by atoms with van der Waals surface area (Å²) in [6.07, 6.45) is 2.95. The fourth-order valence-electron chi connectivity index (χ4n) is 2.20. The van der Waals surface area contributed by atoms with Crippen LogP contribution in [0.1, 0.15) is 45.6 Å². The molecule has 0 radical (unpaired) electrons. The van der Waals surface area contributed by atoms with Gasteiger partial charge in [0.05, 0.1) is 5.60 Å². The molecule has 1 N–H and O–H groups in total. The predicted octanol–water partition coefficient (Wildman–Crippen LogP) is 3.86. The van der Waals surface area contributed by atoms with Crippen LogP contribution in [0.15, 0.2) is 24.3 Å². The molecule has 2 heteroatoms. The highest BCUT2D eigenvalue weighted by molar-refractivity contribution is 5.22. The second-order valence-electron chi connectivity index (χ2n) is 4.88. The van der Waals surface area contributed by atoms with Crippen LogP contribution in [0, 0.1) is 11.7 Å². The molecule has 16 heavy (non-hydrogen) atoms. The fraction of sp³-hybridized carbons (Fsp3) is 0.571. The van der Waals surface area contributed by atoms with E-state index in [1.165, 1.54) is 12.1 Å². The molecular weight excluding hydrogens is 203 g/mol. The topological polar surface area (TPSA) is 20.2 Å². The van der Waals surface area contributed by atoms with Gasteiger partial charge >= 0.3 is 0 Å². The normalized spacial score (nSPS) is 16.8. The average molecular weight is 224 g/mol. The monoisotopic (exact) mass is 224 g/mol. The molecule has 2 unspecified atom stereocenters. The molecule has 0 saturated heterocycles. The van der Waals surface area contributed by atoms with Crippen LogP contribution in [0.2, 0.25) is 0 Å². The molecule has 1 rings (SSSR count). The molecule has 90 valence electrons. The molecule has 0 saturated carbocycles. The summed E-state index contributed by atoms with van der Waals surface area (Å²) in [4.78, 5) is 0. The Balaban J connectivity index is 2.72. The number of hydrogen-bond acceptors (Lipinski definition) is 1. The fourth-order valence-corrected chi connectivity index (χ4v) is 2.20. The molecule has 0 heterocycles. The maximum absolute atomic E-state index is 12.8. The Labute approximate surface area is 97.3 Å². The van der Waals surface area contributed by atoms with E-state index >= 15 is 0 Å². The first kappa shape index (κ1) is 13.2. The zero-order chi connectivity index (χ0) is 12.2. The van der Waals surface area contributed by atoms with Crippen molar-refractivity contribution in [3.63, 3.8) is 0 Å². The summed E-state index contributed by atoms with van der Waals surface area (Å²) < 4.78 is 12.8. The molecule has 0 aromatic heterocycles. The Morgan fingerprint density at radius 3 is 2.38 bits per heavy atom. The quantitative estimate of drug-likeness (QED) is 0.805. The molecule has 2 atom stereocenters. The highest BCUT2D eigenvalue weighted by Crippen LogP contribution is 2.29. The Morgan fingerprint density at radius 2 is 1.88 bits per heavy atom. The van der Waals surface area contributed by atoms with Crippen molar-refractivity contribution < 1.29 is 9.50 Å². The maximum atomic E-state index is 12.8. The Kier molecular flexibility index (Phi) is 4.48. The van der Waals surface area contributed by atoms with Gasteiger partial charge < -0.3 is 5.11 Å². The minimum absolute atomic E-state index is 0.263. The molecular formula is C14H21FO. The summed E-state index contributed by atoms with van der Waals surface area (Å²) in [6.45, 7) is 6.08. The van der Waals surface area contributed by atoms with E-state index in [1.54, 1.807) is 19.1 Å². The van der Waals surface area contributed by atoms with E-state index in [-0.39, 0.29) is 5.82 Å². The van der Waals surface area contributed by atoms with Gasteiger partial charge in [0.15, 0.2) is 0 Å². The average Bonchev–Trinajstić information content (AvgIpc) is 2.17. The van der Waals surface area contributed by atoms with E-state index in [0.29, 0.717) is 12.3 Å². The van der Waals surface area contributed by atoms with Crippen molar-refractivity contribution in [2.24, 2.45) is 5.92 Å². The van der Waals surface area contributed by atoms with Gasteiger partial charge in [0.1, 0.15) is 5.82 Å². The first-order chi connectivity index (χ1) is 7.45. The van der Waals surface area contributed by atoms with Gasteiger partial charge in [0.2, 0.25) is 0 Å². The van der Waals surface area contributed by atoms with Crippen LogP contribution in [0.25, 0.3) is 0 Å². The highest BCUT2D eigenvalue weighted by Gasteiger charge is 2.25. The predicted molar refractivity (Wildman–Crippen MR) is 64.7 cm³/mol. The summed E-state index contributed by atoms with van der Waals surface area (Å²) >= 11 is 0. The molecule has 0 fully saturated rings. The van der Waals surface area contributed by atoms with Crippen molar-refractivity contribution in [2.45, 2.75) is 45.6 Å². The summed E-state index contributed by atoms with van der Waals surface area (Å²) in [5.41, 5.74) is -0.0701. The van der Waals surface area contributed by atoms with E-state index in [2.05, 4.69) is 13.8 Å². The van der Waals surface area contributed by atoms with Crippen molar-refractivity contribution in [1.82, 2.24) is 0 Å². The van der Waals surface area contributed by atoms with Gasteiger partial charge in [0, 0.05) is 0 Å². The zero-order valence-electron chi connectivity index (χ0n) is 10.3. The molecule has 0 bridgehead atoms. The lowest BCUT2D eigenvalue weighted by atomic mass is 9.85. The van der Waals surface area contributed by atoms with Gasteiger partial charge in [-0.25, -0.2) is 4.39 Å². The van der Waals surface area contributed by atoms with E-state index in [4.69, 9.17) is 0 Å². The van der Waals surface area contributed by atoms with Crippen molar-refractivity contribution in [3.8, 4) is 0 Å². The molecule has 0 amide bonds. The lowest BCUT2D eigenvalue weighted by Crippen LogP contribution is -2.24. The molecule has 0 aliphatic rings. The van der Waals surface area contributed by atoms with Gasteiger partial charge in [-0.15, -0.1) is 0 Å². The van der Waals surface area contributed by atoms with Crippen molar-refractivity contribution in [1.29, 1.82) is 0 Å². The first-order valence-electron chi connectivity index (χ1n) is 5.94. The van der Waals surface area contributed by atoms with Crippen molar-refractivity contribution in [3.05, 3.63) is 35.6 Å². The lowest BCUT2D eigenvalue weighted by molar-refractivity contribution is 0.0311. The summed E-state index contributed by atoms with van der Waals surface area (Å²) in [5, 5.41) is 10.4. The number of hydrogen-bond donors (Lipinski definition) is 1. The molecule has 1 nitrogen and oxygen atoms in total. The van der Waals surface area contributed by atoms with Crippen molar-refractivity contribution in [2.75, 3.05) is 0 Å². The van der Waals surface area contributed by atoms with Crippen LogP contribution in [-0.2, 0) is 5.60 Å². The highest BCUT2D eigenvalue weighted by atomic mass is 19.1. The van der Waals surface area contributed by atoms with Crippen LogP contribution < -0.4 is 0 Å². The van der Waals surface area contributed by atoms with Gasteiger partial charge in [-0.2, -0.15) is 0 Å². The summed E-state index contributed by atoms with van der Waals surface area (Å²) in [5.74, 6) is 0.214. The van der Waals surface area contributed by atoms with E-state index in [0.717, 1.165) is 18.4 Å². The molecule has 0 aliphatic carbocycles. The third-order valence-corrected chi connectivity index (χ3v) is 2.99. The lowest BCUT2D eigenvalue weighted by Gasteiger charge is -2.27. The smallest absolute Gasteiger partial charge is 0.123 e. The zero-order valence-corrected chi connectivity index (χ0v) is 10.3. The number of halogens is 1. The first-order valence-corrected chi connectivity index (χ1v) is 5.94. The minimum atomic E-state index is -0.859. The van der Waals surface area contributed by atoms with Gasteiger partial charge in [-0.3, -0.25) is 0 Å². The van der Waals surface area contributed by atoms with Crippen molar-refractivity contribution >= 4 is 0 Å². The van der Waals surface area contributed by atoms with Gasteiger partial charge in [-0.1, -0.05) is 38.8 Å².